The third-order valence-electron chi connectivity index (χ3n) is 3.07. The van der Waals surface area contributed by atoms with Crippen LogP contribution >= 0.6 is 0 Å². The summed E-state index contributed by atoms with van der Waals surface area (Å²) in [4.78, 5) is 18.2. The second-order valence-corrected chi connectivity index (χ2v) is 4.59. The Hall–Kier alpha value is -1.38. The Morgan fingerprint density at radius 1 is 1.56 bits per heavy atom. The van der Waals surface area contributed by atoms with E-state index in [9.17, 15) is 4.79 Å². The monoisotopic (exact) mass is 218 g/mol. The van der Waals surface area contributed by atoms with Crippen LogP contribution in [-0.4, -0.2) is 28.9 Å². The van der Waals surface area contributed by atoms with Crippen LogP contribution in [0, 0.1) is 5.92 Å². The van der Waals surface area contributed by atoms with Gasteiger partial charge in [0.05, 0.1) is 6.42 Å². The maximum atomic E-state index is 12.0. The Morgan fingerprint density at radius 2 is 2.44 bits per heavy atom. The summed E-state index contributed by atoms with van der Waals surface area (Å²) in [6.07, 6.45) is 4.55. The van der Waals surface area contributed by atoms with E-state index in [0.717, 1.165) is 25.2 Å². The van der Waals surface area contributed by atoms with Gasteiger partial charge in [-0.2, -0.15) is 0 Å². The summed E-state index contributed by atoms with van der Waals surface area (Å²) in [6, 6.07) is 5.71. The fraction of sp³-hybridized carbons (Fsp3) is 0.538. The maximum Gasteiger partial charge on any atom is 0.228 e. The highest BCUT2D eigenvalue weighted by molar-refractivity contribution is 5.78. The van der Waals surface area contributed by atoms with Crippen LogP contribution in [-0.2, 0) is 11.2 Å². The van der Waals surface area contributed by atoms with E-state index in [4.69, 9.17) is 0 Å². The lowest BCUT2D eigenvalue weighted by Gasteiger charge is -2.30. The Bertz CT molecular complexity index is 350. The van der Waals surface area contributed by atoms with Crippen molar-refractivity contribution in [2.75, 3.05) is 13.1 Å². The van der Waals surface area contributed by atoms with E-state index in [0.29, 0.717) is 12.3 Å². The van der Waals surface area contributed by atoms with Gasteiger partial charge in [-0.3, -0.25) is 9.78 Å². The number of nitrogens with zero attached hydrogens (tertiary/aromatic N) is 2. The van der Waals surface area contributed by atoms with Crippen LogP contribution < -0.4 is 0 Å². The number of amides is 1. The van der Waals surface area contributed by atoms with Crippen molar-refractivity contribution in [2.45, 2.75) is 26.2 Å². The fourth-order valence-electron chi connectivity index (χ4n) is 2.19. The summed E-state index contributed by atoms with van der Waals surface area (Å²) in [5, 5.41) is 0. The largest absolute Gasteiger partial charge is 0.342 e. The van der Waals surface area contributed by atoms with E-state index >= 15 is 0 Å². The molecule has 0 radical (unpaired) electrons. The molecule has 0 bridgehead atoms. The van der Waals surface area contributed by atoms with Crippen LogP contribution in [0.25, 0.3) is 0 Å². The first-order valence-electron chi connectivity index (χ1n) is 5.93. The molecule has 1 fully saturated rings. The molecule has 0 N–H and O–H groups in total. The average Bonchev–Trinajstić information content (AvgIpc) is 2.30. The second kappa shape index (κ2) is 5.10. The van der Waals surface area contributed by atoms with Gasteiger partial charge in [0.2, 0.25) is 5.91 Å². The standard InChI is InChI=1S/C13H18N2O/c1-11-5-4-8-15(10-11)13(16)9-12-6-2-3-7-14-12/h2-3,6-7,11H,4-5,8-10H2,1H3. The van der Waals surface area contributed by atoms with Crippen molar-refractivity contribution in [1.82, 2.24) is 9.88 Å². The molecule has 16 heavy (non-hydrogen) atoms. The van der Waals surface area contributed by atoms with Gasteiger partial charge in [-0.25, -0.2) is 0 Å². The fourth-order valence-corrected chi connectivity index (χ4v) is 2.19. The first kappa shape index (κ1) is 11.1. The third kappa shape index (κ3) is 2.81. The molecule has 1 aromatic rings. The number of pyridine rings is 1. The predicted octanol–water partition coefficient (Wildman–Crippen LogP) is 1.88. The van der Waals surface area contributed by atoms with Crippen molar-refractivity contribution < 1.29 is 4.79 Å². The number of piperidine rings is 1. The molecule has 3 nitrogen and oxygen atoms in total. The highest BCUT2D eigenvalue weighted by Gasteiger charge is 2.20. The summed E-state index contributed by atoms with van der Waals surface area (Å²) in [5.74, 6) is 0.853. The van der Waals surface area contributed by atoms with E-state index in [2.05, 4.69) is 11.9 Å². The zero-order valence-electron chi connectivity index (χ0n) is 9.72. The lowest BCUT2D eigenvalue weighted by molar-refractivity contribution is -0.132. The van der Waals surface area contributed by atoms with E-state index in [-0.39, 0.29) is 5.91 Å². The number of carbonyl (C=O) groups excluding carboxylic acids is 1. The highest BCUT2D eigenvalue weighted by Crippen LogP contribution is 2.16. The van der Waals surface area contributed by atoms with Crippen molar-refractivity contribution in [3.8, 4) is 0 Å². The zero-order chi connectivity index (χ0) is 11.4. The van der Waals surface area contributed by atoms with Gasteiger partial charge in [-0.1, -0.05) is 13.0 Å². The number of rotatable bonds is 2. The van der Waals surface area contributed by atoms with E-state index < -0.39 is 0 Å². The van der Waals surface area contributed by atoms with Crippen LogP contribution in [0.1, 0.15) is 25.5 Å². The molecule has 0 saturated carbocycles. The molecular weight excluding hydrogens is 200 g/mol. The minimum atomic E-state index is 0.213. The smallest absolute Gasteiger partial charge is 0.228 e. The molecule has 1 saturated heterocycles. The second-order valence-electron chi connectivity index (χ2n) is 4.59. The van der Waals surface area contributed by atoms with Gasteiger partial charge >= 0.3 is 0 Å². The van der Waals surface area contributed by atoms with Crippen molar-refractivity contribution >= 4 is 5.91 Å². The minimum absolute atomic E-state index is 0.213. The topological polar surface area (TPSA) is 33.2 Å². The van der Waals surface area contributed by atoms with Crippen LogP contribution in [0.5, 0.6) is 0 Å². The predicted molar refractivity (Wildman–Crippen MR) is 62.9 cm³/mol. The molecular formula is C13H18N2O. The van der Waals surface area contributed by atoms with Crippen LogP contribution in [0.2, 0.25) is 0 Å². The van der Waals surface area contributed by atoms with Gasteiger partial charge in [0, 0.05) is 25.0 Å². The first-order valence-corrected chi connectivity index (χ1v) is 5.93. The normalized spacial score (nSPS) is 20.8. The zero-order valence-corrected chi connectivity index (χ0v) is 9.72. The Labute approximate surface area is 96.5 Å². The number of carbonyl (C=O) groups is 1. The number of aromatic nitrogens is 1. The molecule has 1 aliphatic rings. The molecule has 86 valence electrons. The van der Waals surface area contributed by atoms with Gasteiger partial charge in [0.25, 0.3) is 0 Å². The summed E-state index contributed by atoms with van der Waals surface area (Å²) in [6.45, 7) is 4.03. The summed E-state index contributed by atoms with van der Waals surface area (Å²) >= 11 is 0. The minimum Gasteiger partial charge on any atom is -0.342 e. The lowest BCUT2D eigenvalue weighted by Crippen LogP contribution is -2.40. The van der Waals surface area contributed by atoms with Crippen LogP contribution in [0.4, 0.5) is 0 Å². The van der Waals surface area contributed by atoms with Crippen molar-refractivity contribution in [2.24, 2.45) is 5.92 Å². The molecule has 0 aromatic carbocycles. The van der Waals surface area contributed by atoms with Gasteiger partial charge in [0.1, 0.15) is 0 Å². The number of hydrogen-bond acceptors (Lipinski definition) is 2. The summed E-state index contributed by atoms with van der Waals surface area (Å²) in [5.41, 5.74) is 0.866. The SMILES string of the molecule is CC1CCCN(C(=O)Cc2ccccn2)C1. The summed E-state index contributed by atoms with van der Waals surface area (Å²) in [7, 11) is 0. The number of hydrogen-bond donors (Lipinski definition) is 0. The molecule has 2 rings (SSSR count). The van der Waals surface area contributed by atoms with Crippen LogP contribution in [0.3, 0.4) is 0 Å². The third-order valence-corrected chi connectivity index (χ3v) is 3.07. The van der Waals surface area contributed by atoms with Gasteiger partial charge in [0.15, 0.2) is 0 Å². The molecule has 3 heteroatoms. The highest BCUT2D eigenvalue weighted by atomic mass is 16.2. The van der Waals surface area contributed by atoms with E-state index in [1.54, 1.807) is 6.20 Å². The number of likely N-dealkylation sites (tertiary alicyclic amines) is 1. The van der Waals surface area contributed by atoms with E-state index in [1.807, 2.05) is 23.1 Å². The molecule has 1 unspecified atom stereocenters. The van der Waals surface area contributed by atoms with Crippen molar-refractivity contribution in [1.29, 1.82) is 0 Å². The molecule has 1 aliphatic heterocycles. The molecule has 0 aliphatic carbocycles. The van der Waals surface area contributed by atoms with Crippen molar-refractivity contribution in [3.63, 3.8) is 0 Å². The molecule has 0 spiro atoms. The van der Waals surface area contributed by atoms with Gasteiger partial charge in [-0.05, 0) is 30.9 Å². The Morgan fingerprint density at radius 3 is 3.12 bits per heavy atom. The van der Waals surface area contributed by atoms with Crippen LogP contribution in [0.15, 0.2) is 24.4 Å². The van der Waals surface area contributed by atoms with E-state index in [1.165, 1.54) is 6.42 Å². The van der Waals surface area contributed by atoms with Crippen molar-refractivity contribution in [3.05, 3.63) is 30.1 Å². The quantitative estimate of drug-likeness (QED) is 0.759. The molecule has 1 atom stereocenters. The molecule has 1 amide bonds. The van der Waals surface area contributed by atoms with Gasteiger partial charge in [-0.15, -0.1) is 0 Å². The summed E-state index contributed by atoms with van der Waals surface area (Å²) < 4.78 is 0. The molecule has 2 heterocycles. The first-order chi connectivity index (χ1) is 7.75. The van der Waals surface area contributed by atoms with Gasteiger partial charge < -0.3 is 4.90 Å². The molecule has 1 aromatic heterocycles. The Balaban J connectivity index is 1.93. The lowest BCUT2D eigenvalue weighted by atomic mass is 10.00. The maximum absolute atomic E-state index is 12.0. The Kier molecular flexibility index (Phi) is 3.54. The average molecular weight is 218 g/mol.